The van der Waals surface area contributed by atoms with Crippen LogP contribution in [0.5, 0.6) is 5.75 Å². The van der Waals surface area contributed by atoms with E-state index in [1.54, 1.807) is 12.1 Å². The average molecular weight is 412 g/mol. The molecule has 1 aromatic carbocycles. The number of ether oxygens (including phenoxy) is 1. The number of carbonyl (C=O) groups is 2. The highest BCUT2D eigenvalue weighted by molar-refractivity contribution is 5.95. The van der Waals surface area contributed by atoms with E-state index in [4.69, 9.17) is 11.2 Å². The molecule has 0 radical (unpaired) electrons. The van der Waals surface area contributed by atoms with Crippen molar-refractivity contribution in [3.8, 4) is 18.1 Å². The second kappa shape index (κ2) is 8.19. The second-order valence-corrected chi connectivity index (χ2v) is 8.78. The number of likely N-dealkylation sites (tertiary alicyclic amines) is 1. The largest absolute Gasteiger partial charge is 0.490 e. The van der Waals surface area contributed by atoms with Crippen LogP contribution in [0.3, 0.4) is 0 Å². The van der Waals surface area contributed by atoms with Gasteiger partial charge in [-0.2, -0.15) is 0 Å². The third-order valence-corrected chi connectivity index (χ3v) is 6.45. The summed E-state index contributed by atoms with van der Waals surface area (Å²) in [6.45, 7) is 3.85. The zero-order valence-electron chi connectivity index (χ0n) is 17.3. The van der Waals surface area contributed by atoms with Crippen LogP contribution < -0.4 is 15.4 Å². The smallest absolute Gasteiger partial charge is 0.251 e. The van der Waals surface area contributed by atoms with Gasteiger partial charge in [0.15, 0.2) is 0 Å². The van der Waals surface area contributed by atoms with Crippen LogP contribution in [0.15, 0.2) is 18.2 Å². The van der Waals surface area contributed by atoms with Crippen molar-refractivity contribution in [3.63, 3.8) is 0 Å². The summed E-state index contributed by atoms with van der Waals surface area (Å²) in [6, 6.07) is 5.42. The Morgan fingerprint density at radius 2 is 2.20 bits per heavy atom. The number of benzene rings is 1. The highest BCUT2D eigenvalue weighted by Gasteiger charge is 2.47. The molecule has 2 fully saturated rings. The normalized spacial score (nSPS) is 30.0. The van der Waals surface area contributed by atoms with Gasteiger partial charge in [-0.3, -0.25) is 9.59 Å². The molecule has 30 heavy (non-hydrogen) atoms. The molecule has 0 aromatic heterocycles. The maximum atomic E-state index is 13.0. The molecule has 1 aromatic rings. The van der Waals surface area contributed by atoms with Crippen molar-refractivity contribution in [2.45, 2.75) is 56.7 Å². The minimum Gasteiger partial charge on any atom is -0.490 e. The van der Waals surface area contributed by atoms with Gasteiger partial charge in [-0.1, -0.05) is 0 Å². The lowest BCUT2D eigenvalue weighted by Crippen LogP contribution is -2.58. The topological polar surface area (TPSA) is 90.9 Å². The first-order valence-corrected chi connectivity index (χ1v) is 10.7. The Morgan fingerprint density at radius 3 is 2.97 bits per heavy atom. The van der Waals surface area contributed by atoms with E-state index in [9.17, 15) is 14.7 Å². The van der Waals surface area contributed by atoms with Gasteiger partial charge in [0.1, 0.15) is 12.4 Å². The fourth-order valence-electron chi connectivity index (χ4n) is 4.68. The van der Waals surface area contributed by atoms with Gasteiger partial charge in [0.25, 0.3) is 5.91 Å². The quantitative estimate of drug-likeness (QED) is 0.657. The Labute approximate surface area is 177 Å². The summed E-state index contributed by atoms with van der Waals surface area (Å²) in [5.41, 5.74) is 0.545. The molecule has 160 valence electrons. The Hall–Kier alpha value is -2.72. The van der Waals surface area contributed by atoms with E-state index >= 15 is 0 Å². The Bertz CT molecular complexity index is 872. The molecule has 2 atom stereocenters. The van der Waals surface area contributed by atoms with Crippen molar-refractivity contribution in [2.75, 3.05) is 25.0 Å². The van der Waals surface area contributed by atoms with Gasteiger partial charge in [-0.25, -0.2) is 0 Å². The summed E-state index contributed by atoms with van der Waals surface area (Å²) in [7, 11) is 0. The lowest BCUT2D eigenvalue weighted by molar-refractivity contribution is -0.154. The lowest BCUT2D eigenvalue weighted by atomic mass is 9.68. The van der Waals surface area contributed by atoms with Gasteiger partial charge in [0, 0.05) is 43.1 Å². The first-order chi connectivity index (χ1) is 14.4. The summed E-state index contributed by atoms with van der Waals surface area (Å²) in [6.07, 6.45) is 8.07. The van der Waals surface area contributed by atoms with Crippen molar-refractivity contribution in [2.24, 2.45) is 5.92 Å². The van der Waals surface area contributed by atoms with Crippen LogP contribution in [0.1, 0.15) is 49.4 Å². The van der Waals surface area contributed by atoms with E-state index < -0.39 is 5.60 Å². The van der Waals surface area contributed by atoms with E-state index in [-0.39, 0.29) is 36.2 Å². The first-order valence-electron chi connectivity index (χ1n) is 10.7. The predicted octanol–water partition coefficient (Wildman–Crippen LogP) is 1.76. The fourth-order valence-corrected chi connectivity index (χ4v) is 4.68. The summed E-state index contributed by atoms with van der Waals surface area (Å²) in [5, 5.41) is 16.6. The van der Waals surface area contributed by atoms with Gasteiger partial charge < -0.3 is 25.4 Å². The Morgan fingerprint density at radius 1 is 1.40 bits per heavy atom. The third-order valence-electron chi connectivity index (χ3n) is 6.45. The number of hydrogen-bond donors (Lipinski definition) is 3. The average Bonchev–Trinajstić information content (AvgIpc) is 2.72. The SMILES string of the molecule is C#CCC1(O)CC(C(=O)N2C[C@H](NC(=O)c3ccc4c(c3)OCCN4)CC[C@H]2C)C1. The van der Waals surface area contributed by atoms with E-state index in [2.05, 4.69) is 16.6 Å². The van der Waals surface area contributed by atoms with Gasteiger partial charge in [-0.15, -0.1) is 12.3 Å². The van der Waals surface area contributed by atoms with Crippen molar-refractivity contribution in [1.29, 1.82) is 0 Å². The van der Waals surface area contributed by atoms with E-state index in [1.165, 1.54) is 0 Å². The number of piperidine rings is 1. The number of fused-ring (bicyclic) bond motifs is 1. The van der Waals surface area contributed by atoms with Gasteiger partial charge in [-0.05, 0) is 50.8 Å². The van der Waals surface area contributed by atoms with E-state index in [0.29, 0.717) is 37.3 Å². The molecular weight excluding hydrogens is 382 g/mol. The maximum Gasteiger partial charge on any atom is 0.251 e. The molecule has 0 bridgehead atoms. The van der Waals surface area contributed by atoms with Crippen molar-refractivity contribution in [1.82, 2.24) is 10.2 Å². The van der Waals surface area contributed by atoms with Crippen molar-refractivity contribution < 1.29 is 19.4 Å². The minimum absolute atomic E-state index is 0.0522. The van der Waals surface area contributed by atoms with Crippen LogP contribution in [0.2, 0.25) is 0 Å². The molecule has 7 heteroatoms. The summed E-state index contributed by atoms with van der Waals surface area (Å²) < 4.78 is 5.62. The number of nitrogens with one attached hydrogen (secondary N) is 2. The van der Waals surface area contributed by atoms with E-state index in [0.717, 1.165) is 25.1 Å². The van der Waals surface area contributed by atoms with Crippen LogP contribution in [0, 0.1) is 18.3 Å². The lowest BCUT2D eigenvalue weighted by Gasteiger charge is -2.46. The number of amides is 2. The van der Waals surface area contributed by atoms with Crippen LogP contribution in [0.4, 0.5) is 5.69 Å². The van der Waals surface area contributed by atoms with E-state index in [1.807, 2.05) is 17.9 Å². The number of hydrogen-bond acceptors (Lipinski definition) is 5. The fraction of sp³-hybridized carbons (Fsp3) is 0.565. The molecule has 1 aliphatic carbocycles. The summed E-state index contributed by atoms with van der Waals surface area (Å²) in [4.78, 5) is 27.6. The zero-order valence-corrected chi connectivity index (χ0v) is 17.3. The third kappa shape index (κ3) is 4.10. The molecule has 0 spiro atoms. The van der Waals surface area contributed by atoms with Crippen LogP contribution in [-0.2, 0) is 4.79 Å². The number of rotatable bonds is 4. The molecule has 3 aliphatic rings. The standard InChI is InChI=1S/C23H29N3O4/c1-3-8-23(29)12-17(13-23)22(28)26-14-18(6-4-15(26)2)25-21(27)16-5-7-19-20(11-16)30-10-9-24-19/h1,5,7,11,15,17-18,24,29H,4,6,8-10,12-14H2,2H3,(H,25,27)/t15-,17?,18-,23?/m1/s1. The molecule has 2 amide bonds. The van der Waals surface area contributed by atoms with Crippen molar-refractivity contribution >= 4 is 17.5 Å². The molecule has 7 nitrogen and oxygen atoms in total. The minimum atomic E-state index is -0.898. The summed E-state index contributed by atoms with van der Waals surface area (Å²) >= 11 is 0. The molecule has 2 aliphatic heterocycles. The molecule has 0 unspecified atom stereocenters. The summed E-state index contributed by atoms with van der Waals surface area (Å²) in [5.74, 6) is 2.88. The maximum absolute atomic E-state index is 13.0. The highest BCUT2D eigenvalue weighted by Crippen LogP contribution is 2.41. The first kappa shape index (κ1) is 20.5. The number of carbonyl (C=O) groups excluding carboxylic acids is 2. The molecule has 4 rings (SSSR count). The Balaban J connectivity index is 1.36. The predicted molar refractivity (Wildman–Crippen MR) is 113 cm³/mol. The van der Waals surface area contributed by atoms with Gasteiger partial charge >= 0.3 is 0 Å². The van der Waals surface area contributed by atoms with Crippen molar-refractivity contribution in [3.05, 3.63) is 23.8 Å². The second-order valence-electron chi connectivity index (χ2n) is 8.78. The van der Waals surface area contributed by atoms with Crippen LogP contribution >= 0.6 is 0 Å². The van der Waals surface area contributed by atoms with Crippen LogP contribution in [-0.4, -0.2) is 59.2 Å². The highest BCUT2D eigenvalue weighted by atomic mass is 16.5. The molecule has 1 saturated heterocycles. The number of anilines is 1. The monoisotopic (exact) mass is 411 g/mol. The van der Waals surface area contributed by atoms with Gasteiger partial charge in [0.2, 0.25) is 5.91 Å². The zero-order chi connectivity index (χ0) is 21.3. The number of nitrogens with zero attached hydrogens (tertiary/aromatic N) is 1. The van der Waals surface area contributed by atoms with Gasteiger partial charge in [0.05, 0.1) is 11.3 Å². The molecule has 2 heterocycles. The molecular formula is C23H29N3O4. The Kier molecular flexibility index (Phi) is 5.61. The van der Waals surface area contributed by atoms with Crippen LogP contribution in [0.25, 0.3) is 0 Å². The molecule has 1 saturated carbocycles. The number of terminal acetylenes is 1. The molecule has 3 N–H and O–H groups in total. The number of aliphatic hydroxyl groups is 1.